The van der Waals surface area contributed by atoms with Crippen LogP contribution in [-0.2, 0) is 16.1 Å². The fraction of sp³-hybridized carbons (Fsp3) is 0.810. The molecule has 0 bridgehead atoms. The molecule has 0 radical (unpaired) electrons. The molecule has 1 amide bonds. The van der Waals surface area contributed by atoms with Crippen molar-refractivity contribution in [1.29, 1.82) is 0 Å². The number of ether oxygens (including phenoxy) is 1. The van der Waals surface area contributed by atoms with Crippen LogP contribution in [0.25, 0.3) is 0 Å². The summed E-state index contributed by atoms with van der Waals surface area (Å²) in [5.74, 6) is 0.524. The van der Waals surface area contributed by atoms with Crippen molar-refractivity contribution >= 4 is 5.91 Å². The minimum atomic E-state index is 0.0142. The van der Waals surface area contributed by atoms with Crippen LogP contribution in [-0.4, -0.2) is 68.5 Å². The molecule has 3 N–H and O–H groups in total. The lowest BCUT2D eigenvalue weighted by Gasteiger charge is -2.41. The van der Waals surface area contributed by atoms with Crippen LogP contribution in [0.3, 0.4) is 0 Å². The van der Waals surface area contributed by atoms with Crippen LogP contribution in [0.4, 0.5) is 0 Å². The predicted molar refractivity (Wildman–Crippen MR) is 112 cm³/mol. The average Bonchev–Trinajstić information content (AvgIpc) is 3.11. The smallest absolute Gasteiger partial charge is 0.223 e. The minimum absolute atomic E-state index is 0.0142. The van der Waals surface area contributed by atoms with Crippen molar-refractivity contribution in [1.82, 2.24) is 25.7 Å². The molecule has 2 atom stereocenters. The van der Waals surface area contributed by atoms with Crippen molar-refractivity contribution in [2.24, 2.45) is 11.3 Å². The van der Waals surface area contributed by atoms with E-state index in [0.29, 0.717) is 19.1 Å². The molecule has 0 aromatic carbocycles. The van der Waals surface area contributed by atoms with Gasteiger partial charge in [-0.05, 0) is 45.2 Å². The summed E-state index contributed by atoms with van der Waals surface area (Å²) in [6, 6.07) is 0. The summed E-state index contributed by atoms with van der Waals surface area (Å²) in [5.41, 5.74) is 2.41. The first-order valence-electron chi connectivity index (χ1n) is 10.5. The molecule has 1 fully saturated rings. The van der Waals surface area contributed by atoms with E-state index in [-0.39, 0.29) is 17.2 Å². The van der Waals surface area contributed by atoms with Gasteiger partial charge in [0.05, 0.1) is 5.69 Å². The fourth-order valence-corrected chi connectivity index (χ4v) is 4.18. The second-order valence-corrected chi connectivity index (χ2v) is 8.79. The summed E-state index contributed by atoms with van der Waals surface area (Å²) in [6.07, 6.45) is 5.85. The number of nitrogens with one attached hydrogen (secondary N) is 3. The first-order valence-corrected chi connectivity index (χ1v) is 10.5. The van der Waals surface area contributed by atoms with E-state index in [2.05, 4.69) is 46.6 Å². The molecule has 1 heterocycles. The molecular weight excluding hydrogens is 354 g/mol. The first-order chi connectivity index (χ1) is 13.4. The summed E-state index contributed by atoms with van der Waals surface area (Å²) in [5, 5.41) is 14.0. The Balaban J connectivity index is 2.02. The Bertz CT molecular complexity index is 601. The first kappa shape index (κ1) is 22.8. The zero-order valence-electron chi connectivity index (χ0n) is 18.3. The predicted octanol–water partition coefficient (Wildman–Crippen LogP) is 2.12. The van der Waals surface area contributed by atoms with Gasteiger partial charge in [0, 0.05) is 63.5 Å². The van der Waals surface area contributed by atoms with E-state index in [1.165, 1.54) is 5.56 Å². The van der Waals surface area contributed by atoms with Crippen LogP contribution in [0.15, 0.2) is 6.20 Å². The van der Waals surface area contributed by atoms with Gasteiger partial charge in [-0.1, -0.05) is 13.8 Å². The van der Waals surface area contributed by atoms with Gasteiger partial charge in [-0.2, -0.15) is 5.10 Å². The van der Waals surface area contributed by atoms with Crippen LogP contribution in [0.1, 0.15) is 56.7 Å². The molecule has 0 spiro atoms. The normalized spacial score (nSPS) is 21.8. The Hall–Kier alpha value is -1.44. The van der Waals surface area contributed by atoms with Crippen molar-refractivity contribution in [3.05, 3.63) is 17.5 Å². The van der Waals surface area contributed by atoms with Crippen LogP contribution in [0, 0.1) is 11.3 Å². The number of likely N-dealkylation sites (N-methyl/N-ethyl adjacent to an activating group) is 2. The molecule has 1 aromatic rings. The molecule has 28 heavy (non-hydrogen) atoms. The molecule has 0 saturated heterocycles. The Morgan fingerprint density at radius 3 is 2.93 bits per heavy atom. The number of carbonyl (C=O) groups is 1. The van der Waals surface area contributed by atoms with Gasteiger partial charge in [0.1, 0.15) is 0 Å². The molecule has 1 aliphatic carbocycles. The summed E-state index contributed by atoms with van der Waals surface area (Å²) < 4.78 is 5.07. The summed E-state index contributed by atoms with van der Waals surface area (Å²) in [6.45, 7) is 8.63. The molecule has 1 unspecified atom stereocenters. The van der Waals surface area contributed by atoms with Crippen molar-refractivity contribution in [3.63, 3.8) is 0 Å². The topological polar surface area (TPSA) is 82.3 Å². The van der Waals surface area contributed by atoms with E-state index in [9.17, 15) is 4.79 Å². The average molecular weight is 394 g/mol. The molecule has 160 valence electrons. The van der Waals surface area contributed by atoms with Gasteiger partial charge >= 0.3 is 0 Å². The third-order valence-electron chi connectivity index (χ3n) is 6.06. The number of aromatic nitrogens is 2. The van der Waals surface area contributed by atoms with Crippen molar-refractivity contribution < 1.29 is 9.53 Å². The van der Waals surface area contributed by atoms with Gasteiger partial charge in [0.15, 0.2) is 0 Å². The number of H-pyrrole nitrogens is 1. The standard InChI is InChI=1S/C21H39N5O2/c1-21(2)8-7-16(13-18(21)20(27)23-9-6-12-28-5)19-17(14-24-25-19)15-26(4)11-10-22-3/h14,16,18,22H,6-13,15H2,1-5H3,(H,23,27)(H,24,25)/t16?,18-/m0/s1. The summed E-state index contributed by atoms with van der Waals surface area (Å²) in [4.78, 5) is 15.2. The molecule has 7 nitrogen and oxygen atoms in total. The second-order valence-electron chi connectivity index (χ2n) is 8.79. The SMILES string of the molecule is CNCCN(C)Cc1c[nH]nc1C1CCC(C)(C)[C@H](C(=O)NCCCOC)C1. The van der Waals surface area contributed by atoms with E-state index in [1.54, 1.807) is 7.11 Å². The van der Waals surface area contributed by atoms with E-state index >= 15 is 0 Å². The van der Waals surface area contributed by atoms with Gasteiger partial charge in [-0.3, -0.25) is 9.89 Å². The summed E-state index contributed by atoms with van der Waals surface area (Å²) >= 11 is 0. The van der Waals surface area contributed by atoms with Crippen LogP contribution < -0.4 is 10.6 Å². The van der Waals surface area contributed by atoms with E-state index in [4.69, 9.17) is 4.74 Å². The molecule has 1 aromatic heterocycles. The molecule has 1 aliphatic rings. The number of hydrogen-bond donors (Lipinski definition) is 3. The van der Waals surface area contributed by atoms with Crippen LogP contribution >= 0.6 is 0 Å². The lowest BCUT2D eigenvalue weighted by Crippen LogP contribution is -2.43. The molecule has 0 aliphatic heterocycles. The fourth-order valence-electron chi connectivity index (χ4n) is 4.18. The quantitative estimate of drug-likeness (QED) is 0.502. The lowest BCUT2D eigenvalue weighted by molar-refractivity contribution is -0.130. The number of nitrogens with zero attached hydrogens (tertiary/aromatic N) is 2. The number of rotatable bonds is 11. The molecular formula is C21H39N5O2. The number of carbonyl (C=O) groups excluding carboxylic acids is 1. The number of hydrogen-bond acceptors (Lipinski definition) is 5. The van der Waals surface area contributed by atoms with Crippen LogP contribution in [0.2, 0.25) is 0 Å². The van der Waals surface area contributed by atoms with Gasteiger partial charge < -0.3 is 20.3 Å². The Morgan fingerprint density at radius 2 is 2.21 bits per heavy atom. The van der Waals surface area contributed by atoms with Crippen molar-refractivity contribution in [3.8, 4) is 0 Å². The Morgan fingerprint density at radius 1 is 1.43 bits per heavy atom. The molecule has 7 heteroatoms. The zero-order valence-corrected chi connectivity index (χ0v) is 18.3. The van der Waals surface area contributed by atoms with Gasteiger partial charge in [-0.15, -0.1) is 0 Å². The highest BCUT2D eigenvalue weighted by Gasteiger charge is 2.42. The zero-order chi connectivity index (χ0) is 20.6. The van der Waals surface area contributed by atoms with E-state index in [0.717, 1.165) is 51.0 Å². The maximum Gasteiger partial charge on any atom is 0.223 e. The maximum atomic E-state index is 12.9. The van der Waals surface area contributed by atoms with Gasteiger partial charge in [-0.25, -0.2) is 0 Å². The number of aromatic amines is 1. The number of amides is 1. The van der Waals surface area contributed by atoms with E-state index < -0.39 is 0 Å². The largest absolute Gasteiger partial charge is 0.385 e. The third-order valence-corrected chi connectivity index (χ3v) is 6.06. The highest BCUT2D eigenvalue weighted by molar-refractivity contribution is 5.79. The minimum Gasteiger partial charge on any atom is -0.385 e. The molecule has 1 saturated carbocycles. The van der Waals surface area contributed by atoms with Gasteiger partial charge in [0.2, 0.25) is 5.91 Å². The molecule has 2 rings (SSSR count). The Kier molecular flexibility index (Phi) is 8.92. The highest BCUT2D eigenvalue weighted by atomic mass is 16.5. The van der Waals surface area contributed by atoms with Gasteiger partial charge in [0.25, 0.3) is 0 Å². The van der Waals surface area contributed by atoms with Crippen LogP contribution in [0.5, 0.6) is 0 Å². The summed E-state index contributed by atoms with van der Waals surface area (Å²) in [7, 11) is 5.80. The third kappa shape index (κ3) is 6.29. The monoisotopic (exact) mass is 393 g/mol. The Labute approximate surface area is 170 Å². The lowest BCUT2D eigenvalue weighted by atomic mass is 9.64. The van der Waals surface area contributed by atoms with E-state index in [1.807, 2.05) is 13.2 Å². The highest BCUT2D eigenvalue weighted by Crippen LogP contribution is 2.47. The number of methoxy groups -OCH3 is 1. The van der Waals surface area contributed by atoms with Crippen molar-refractivity contribution in [2.45, 2.75) is 52.0 Å². The second kappa shape index (κ2) is 10.9. The maximum absolute atomic E-state index is 12.9. The van der Waals surface area contributed by atoms with Crippen molar-refractivity contribution in [2.75, 3.05) is 47.4 Å².